The number of hydrogen-bond acceptors (Lipinski definition) is 3. The number of aliphatic hydroxyl groups excluding tert-OH is 1. The highest BCUT2D eigenvalue weighted by molar-refractivity contribution is 6.34. The maximum atomic E-state index is 11.5. The number of nitrogens with zero attached hydrogens (tertiary/aromatic N) is 1. The minimum Gasteiger partial charge on any atom is -0.395 e. The molecule has 2 N–H and O–H groups in total. The summed E-state index contributed by atoms with van der Waals surface area (Å²) in [6, 6.07) is 9.71. The largest absolute Gasteiger partial charge is 0.395 e. The molecule has 0 fully saturated rings. The number of aliphatic hydroxyl groups is 1. The standard InChI is InChI=1S/C13H18N2O3/c1-15(9-10-16)13(18)12(17)14-8-7-11-5-3-2-4-6-11/h2-6,16H,7-10H2,1H3,(H,14,17). The van der Waals surface area contributed by atoms with Gasteiger partial charge in [0.05, 0.1) is 6.61 Å². The van der Waals surface area contributed by atoms with Crippen molar-refractivity contribution in [2.24, 2.45) is 0 Å². The monoisotopic (exact) mass is 250 g/mol. The zero-order valence-corrected chi connectivity index (χ0v) is 10.4. The minimum atomic E-state index is -0.637. The Morgan fingerprint density at radius 1 is 1.28 bits per heavy atom. The van der Waals surface area contributed by atoms with Crippen molar-refractivity contribution in [2.45, 2.75) is 6.42 Å². The molecule has 1 aromatic rings. The van der Waals surface area contributed by atoms with E-state index in [1.807, 2.05) is 30.3 Å². The summed E-state index contributed by atoms with van der Waals surface area (Å²) in [6.45, 7) is 0.423. The summed E-state index contributed by atoms with van der Waals surface area (Å²) >= 11 is 0. The molecule has 0 bridgehead atoms. The van der Waals surface area contributed by atoms with E-state index in [-0.39, 0.29) is 13.2 Å². The van der Waals surface area contributed by atoms with Gasteiger partial charge in [-0.3, -0.25) is 9.59 Å². The molecule has 5 heteroatoms. The van der Waals surface area contributed by atoms with E-state index in [0.29, 0.717) is 13.0 Å². The number of likely N-dealkylation sites (N-methyl/N-ethyl adjacent to an activating group) is 1. The smallest absolute Gasteiger partial charge is 0.311 e. The first-order valence-electron chi connectivity index (χ1n) is 5.83. The van der Waals surface area contributed by atoms with Gasteiger partial charge in [-0.05, 0) is 12.0 Å². The summed E-state index contributed by atoms with van der Waals surface area (Å²) in [5, 5.41) is 11.2. The van der Waals surface area contributed by atoms with E-state index in [2.05, 4.69) is 5.32 Å². The molecule has 18 heavy (non-hydrogen) atoms. The molecule has 5 nitrogen and oxygen atoms in total. The van der Waals surface area contributed by atoms with Crippen LogP contribution in [0.5, 0.6) is 0 Å². The Kier molecular flexibility index (Phi) is 5.87. The lowest BCUT2D eigenvalue weighted by molar-refractivity contribution is -0.145. The summed E-state index contributed by atoms with van der Waals surface area (Å²) in [5.41, 5.74) is 1.11. The van der Waals surface area contributed by atoms with Crippen LogP contribution >= 0.6 is 0 Å². The molecule has 98 valence electrons. The first-order chi connectivity index (χ1) is 8.65. The van der Waals surface area contributed by atoms with Crippen molar-refractivity contribution in [3.8, 4) is 0 Å². The van der Waals surface area contributed by atoms with Gasteiger partial charge >= 0.3 is 11.8 Å². The second kappa shape index (κ2) is 7.45. The van der Waals surface area contributed by atoms with E-state index in [4.69, 9.17) is 5.11 Å². The fourth-order valence-electron chi connectivity index (χ4n) is 1.47. The Bertz CT molecular complexity index is 392. The third-order valence-electron chi connectivity index (χ3n) is 2.52. The number of hydrogen-bond donors (Lipinski definition) is 2. The maximum Gasteiger partial charge on any atom is 0.311 e. The molecule has 0 aliphatic carbocycles. The van der Waals surface area contributed by atoms with Crippen LogP contribution in [0, 0.1) is 0 Å². The van der Waals surface area contributed by atoms with Crippen molar-refractivity contribution >= 4 is 11.8 Å². The highest BCUT2D eigenvalue weighted by atomic mass is 16.3. The highest BCUT2D eigenvalue weighted by Crippen LogP contribution is 1.98. The van der Waals surface area contributed by atoms with Crippen molar-refractivity contribution in [3.63, 3.8) is 0 Å². The Balaban J connectivity index is 2.31. The molecule has 0 aliphatic heterocycles. The second-order valence-corrected chi connectivity index (χ2v) is 3.94. The zero-order valence-electron chi connectivity index (χ0n) is 10.4. The number of carbonyl (C=O) groups excluding carboxylic acids is 2. The number of rotatable bonds is 5. The molecule has 1 rings (SSSR count). The van der Waals surface area contributed by atoms with Crippen LogP contribution in [0.25, 0.3) is 0 Å². The first kappa shape index (κ1) is 14.2. The predicted octanol–water partition coefficient (Wildman–Crippen LogP) is -0.204. The van der Waals surface area contributed by atoms with E-state index >= 15 is 0 Å². The van der Waals surface area contributed by atoms with E-state index in [9.17, 15) is 9.59 Å². The van der Waals surface area contributed by atoms with Gasteiger partial charge in [0, 0.05) is 20.1 Å². The summed E-state index contributed by atoms with van der Waals surface area (Å²) in [4.78, 5) is 24.1. The lowest BCUT2D eigenvalue weighted by atomic mass is 10.1. The van der Waals surface area contributed by atoms with Crippen LogP contribution in [0.15, 0.2) is 30.3 Å². The fourth-order valence-corrected chi connectivity index (χ4v) is 1.47. The Hall–Kier alpha value is -1.88. The molecule has 0 saturated heterocycles. The number of amides is 2. The predicted molar refractivity (Wildman–Crippen MR) is 67.9 cm³/mol. The Morgan fingerprint density at radius 3 is 2.56 bits per heavy atom. The zero-order chi connectivity index (χ0) is 13.4. The topological polar surface area (TPSA) is 69.6 Å². The van der Waals surface area contributed by atoms with Gasteiger partial charge in [-0.1, -0.05) is 30.3 Å². The van der Waals surface area contributed by atoms with Crippen molar-refractivity contribution in [1.82, 2.24) is 10.2 Å². The van der Waals surface area contributed by atoms with Crippen molar-refractivity contribution < 1.29 is 14.7 Å². The number of carbonyl (C=O) groups is 2. The molecule has 0 spiro atoms. The van der Waals surface area contributed by atoms with E-state index in [1.54, 1.807) is 0 Å². The van der Waals surface area contributed by atoms with Crippen LogP contribution in [0.4, 0.5) is 0 Å². The molecule has 0 atom stereocenters. The molecular weight excluding hydrogens is 232 g/mol. The SMILES string of the molecule is CN(CCO)C(=O)C(=O)NCCc1ccccc1. The van der Waals surface area contributed by atoms with E-state index < -0.39 is 11.8 Å². The first-order valence-corrected chi connectivity index (χ1v) is 5.83. The summed E-state index contributed by atoms with van der Waals surface area (Å²) in [6.07, 6.45) is 0.684. The molecule has 0 saturated carbocycles. The van der Waals surface area contributed by atoms with Gasteiger partial charge in [-0.2, -0.15) is 0 Å². The minimum absolute atomic E-state index is 0.153. The fraction of sp³-hybridized carbons (Fsp3) is 0.385. The lowest BCUT2D eigenvalue weighted by Gasteiger charge is -2.14. The molecule has 0 heterocycles. The van der Waals surface area contributed by atoms with Gasteiger partial charge in [0.2, 0.25) is 0 Å². The highest BCUT2D eigenvalue weighted by Gasteiger charge is 2.17. The van der Waals surface area contributed by atoms with Crippen LogP contribution in [-0.4, -0.2) is 48.6 Å². The van der Waals surface area contributed by atoms with Crippen LogP contribution in [-0.2, 0) is 16.0 Å². The van der Waals surface area contributed by atoms with E-state index in [1.165, 1.54) is 11.9 Å². The molecule has 2 amide bonds. The third-order valence-corrected chi connectivity index (χ3v) is 2.52. The molecule has 0 radical (unpaired) electrons. The van der Waals surface area contributed by atoms with Gasteiger partial charge in [-0.15, -0.1) is 0 Å². The van der Waals surface area contributed by atoms with Crippen LogP contribution in [0.1, 0.15) is 5.56 Å². The lowest BCUT2D eigenvalue weighted by Crippen LogP contribution is -2.42. The number of nitrogens with one attached hydrogen (secondary N) is 1. The quantitative estimate of drug-likeness (QED) is 0.711. The van der Waals surface area contributed by atoms with Crippen LogP contribution in [0.3, 0.4) is 0 Å². The van der Waals surface area contributed by atoms with Gasteiger partial charge in [0.25, 0.3) is 0 Å². The Labute approximate surface area is 106 Å². The van der Waals surface area contributed by atoms with Gasteiger partial charge in [0.1, 0.15) is 0 Å². The summed E-state index contributed by atoms with van der Waals surface area (Å²) < 4.78 is 0. The van der Waals surface area contributed by atoms with Gasteiger partial charge in [0.15, 0.2) is 0 Å². The molecule has 0 aliphatic rings. The van der Waals surface area contributed by atoms with Gasteiger partial charge in [-0.25, -0.2) is 0 Å². The normalized spacial score (nSPS) is 9.89. The van der Waals surface area contributed by atoms with E-state index in [0.717, 1.165) is 5.56 Å². The molecule has 0 aromatic heterocycles. The van der Waals surface area contributed by atoms with Crippen molar-refractivity contribution in [2.75, 3.05) is 26.7 Å². The summed E-state index contributed by atoms with van der Waals surface area (Å²) in [7, 11) is 1.48. The van der Waals surface area contributed by atoms with Crippen molar-refractivity contribution in [3.05, 3.63) is 35.9 Å². The average molecular weight is 250 g/mol. The molecular formula is C13H18N2O3. The van der Waals surface area contributed by atoms with Crippen LogP contribution < -0.4 is 5.32 Å². The third kappa shape index (κ3) is 4.55. The van der Waals surface area contributed by atoms with Gasteiger partial charge < -0.3 is 15.3 Å². The van der Waals surface area contributed by atoms with Crippen molar-refractivity contribution in [1.29, 1.82) is 0 Å². The Morgan fingerprint density at radius 2 is 1.94 bits per heavy atom. The van der Waals surface area contributed by atoms with Crippen LogP contribution in [0.2, 0.25) is 0 Å². The summed E-state index contributed by atoms with van der Waals surface area (Å²) in [5.74, 6) is -1.26. The molecule has 1 aromatic carbocycles. The maximum absolute atomic E-state index is 11.5. The molecule has 0 unspecified atom stereocenters. The average Bonchev–Trinajstić information content (AvgIpc) is 2.39. The number of benzene rings is 1. The second-order valence-electron chi connectivity index (χ2n) is 3.94.